The molecule has 7 heteroatoms. The van der Waals surface area contributed by atoms with Gasteiger partial charge in [-0.3, -0.25) is 10.1 Å². The molecule has 0 heterocycles. The van der Waals surface area contributed by atoms with Crippen molar-refractivity contribution in [3.05, 3.63) is 32.8 Å². The lowest BCUT2D eigenvalue weighted by Gasteiger charge is -2.11. The Morgan fingerprint density at radius 1 is 1.28 bits per heavy atom. The molecule has 1 saturated carbocycles. The molecule has 0 unspecified atom stereocenters. The molecule has 1 aromatic rings. The van der Waals surface area contributed by atoms with E-state index in [1.807, 2.05) is 0 Å². The van der Waals surface area contributed by atoms with Crippen LogP contribution >= 0.6 is 15.9 Å². The molecule has 0 aliphatic heterocycles. The largest absolute Gasteiger partial charge is 0.284 e. The maximum Gasteiger partial charge on any atom is 0.284 e. The number of nitro benzene ring substituents is 1. The van der Waals surface area contributed by atoms with E-state index in [1.54, 1.807) is 0 Å². The van der Waals surface area contributed by atoms with Crippen LogP contribution in [0.2, 0.25) is 0 Å². The van der Waals surface area contributed by atoms with E-state index in [0.29, 0.717) is 12.8 Å². The SMILES string of the molecule is O=[N+]([O-])c1cc(S(=O)(=O)C2CCCC2)ccc1Br. The Labute approximate surface area is 113 Å². The molecular formula is C11H12BrNO4S. The molecule has 1 aliphatic carbocycles. The Bertz CT molecular complexity index is 579. The number of nitro groups is 1. The second-order valence-corrected chi connectivity index (χ2v) is 7.40. The predicted molar refractivity (Wildman–Crippen MR) is 70.2 cm³/mol. The second kappa shape index (κ2) is 4.97. The molecule has 1 aromatic carbocycles. The zero-order valence-corrected chi connectivity index (χ0v) is 11.9. The summed E-state index contributed by atoms with van der Waals surface area (Å²) in [6.45, 7) is 0. The lowest BCUT2D eigenvalue weighted by Crippen LogP contribution is -2.17. The molecule has 0 bridgehead atoms. The van der Waals surface area contributed by atoms with Gasteiger partial charge in [-0.1, -0.05) is 12.8 Å². The van der Waals surface area contributed by atoms with Crippen molar-refractivity contribution in [2.24, 2.45) is 0 Å². The van der Waals surface area contributed by atoms with E-state index < -0.39 is 20.0 Å². The van der Waals surface area contributed by atoms with Gasteiger partial charge in [-0.25, -0.2) is 8.42 Å². The van der Waals surface area contributed by atoms with Gasteiger partial charge in [-0.05, 0) is 40.9 Å². The average molecular weight is 334 g/mol. The zero-order valence-electron chi connectivity index (χ0n) is 9.50. The van der Waals surface area contributed by atoms with E-state index in [0.717, 1.165) is 18.9 Å². The van der Waals surface area contributed by atoms with E-state index in [1.165, 1.54) is 12.1 Å². The smallest absolute Gasteiger partial charge is 0.258 e. The normalized spacial score (nSPS) is 16.9. The fourth-order valence-corrected chi connectivity index (χ4v) is 4.46. The number of hydrogen-bond acceptors (Lipinski definition) is 4. The fraction of sp³-hybridized carbons (Fsp3) is 0.455. The summed E-state index contributed by atoms with van der Waals surface area (Å²) in [5.74, 6) is 0. The number of hydrogen-bond donors (Lipinski definition) is 0. The molecule has 0 saturated heterocycles. The van der Waals surface area contributed by atoms with Crippen LogP contribution in [0.5, 0.6) is 0 Å². The van der Waals surface area contributed by atoms with E-state index in [-0.39, 0.29) is 15.1 Å². The third kappa shape index (κ3) is 2.42. The van der Waals surface area contributed by atoms with Crippen molar-refractivity contribution < 1.29 is 13.3 Å². The van der Waals surface area contributed by atoms with Gasteiger partial charge in [0.1, 0.15) is 0 Å². The van der Waals surface area contributed by atoms with E-state index in [2.05, 4.69) is 15.9 Å². The zero-order chi connectivity index (χ0) is 13.3. The fourth-order valence-electron chi connectivity index (χ4n) is 2.20. The lowest BCUT2D eigenvalue weighted by atomic mass is 10.3. The highest BCUT2D eigenvalue weighted by Crippen LogP contribution is 2.33. The highest BCUT2D eigenvalue weighted by atomic mass is 79.9. The average Bonchev–Trinajstić information content (AvgIpc) is 2.82. The van der Waals surface area contributed by atoms with Crippen LogP contribution in [0.1, 0.15) is 25.7 Å². The maximum atomic E-state index is 12.3. The number of sulfone groups is 1. The minimum atomic E-state index is -3.44. The van der Waals surface area contributed by atoms with Crippen molar-refractivity contribution in [1.29, 1.82) is 0 Å². The van der Waals surface area contributed by atoms with E-state index in [9.17, 15) is 18.5 Å². The minimum absolute atomic E-state index is 0.0456. The first-order valence-corrected chi connectivity index (χ1v) is 7.94. The van der Waals surface area contributed by atoms with Crippen molar-refractivity contribution in [3.8, 4) is 0 Å². The molecule has 2 rings (SSSR count). The molecule has 0 aromatic heterocycles. The number of halogens is 1. The standard InChI is InChI=1S/C11H12BrNO4S/c12-10-6-5-9(7-11(10)13(14)15)18(16,17)8-3-1-2-4-8/h5-8H,1-4H2. The Morgan fingerprint density at radius 2 is 1.89 bits per heavy atom. The molecule has 0 radical (unpaired) electrons. The number of rotatable bonds is 3. The van der Waals surface area contributed by atoms with Crippen LogP contribution in [0.3, 0.4) is 0 Å². The van der Waals surface area contributed by atoms with Gasteiger partial charge in [0, 0.05) is 6.07 Å². The van der Waals surface area contributed by atoms with Gasteiger partial charge in [0.25, 0.3) is 5.69 Å². The van der Waals surface area contributed by atoms with Gasteiger partial charge < -0.3 is 0 Å². The highest BCUT2D eigenvalue weighted by molar-refractivity contribution is 9.10. The summed E-state index contributed by atoms with van der Waals surface area (Å²) in [5.41, 5.74) is -0.214. The molecule has 0 atom stereocenters. The van der Waals surface area contributed by atoms with Crippen LogP contribution in [-0.2, 0) is 9.84 Å². The first kappa shape index (κ1) is 13.5. The summed E-state index contributed by atoms with van der Waals surface area (Å²) >= 11 is 3.04. The first-order valence-electron chi connectivity index (χ1n) is 5.61. The Kier molecular flexibility index (Phi) is 3.72. The third-order valence-electron chi connectivity index (χ3n) is 3.18. The van der Waals surface area contributed by atoms with Crippen molar-refractivity contribution in [2.75, 3.05) is 0 Å². The van der Waals surface area contributed by atoms with Crippen LogP contribution < -0.4 is 0 Å². The molecule has 0 amide bonds. The molecule has 18 heavy (non-hydrogen) atoms. The Hall–Kier alpha value is -0.950. The van der Waals surface area contributed by atoms with Crippen molar-refractivity contribution >= 4 is 31.5 Å². The number of benzene rings is 1. The van der Waals surface area contributed by atoms with Gasteiger partial charge in [0.05, 0.1) is 19.5 Å². The van der Waals surface area contributed by atoms with Crippen molar-refractivity contribution in [1.82, 2.24) is 0 Å². The molecule has 98 valence electrons. The quantitative estimate of drug-likeness (QED) is 0.629. The summed E-state index contributed by atoms with van der Waals surface area (Å²) in [6, 6.07) is 3.97. The predicted octanol–water partition coefficient (Wildman–Crippen LogP) is 3.07. The summed E-state index contributed by atoms with van der Waals surface area (Å²) in [6.07, 6.45) is 3.10. The van der Waals surface area contributed by atoms with Crippen molar-refractivity contribution in [3.63, 3.8) is 0 Å². The van der Waals surface area contributed by atoms with Gasteiger partial charge in [0.2, 0.25) is 0 Å². The third-order valence-corrected chi connectivity index (χ3v) is 6.11. The van der Waals surface area contributed by atoms with Gasteiger partial charge >= 0.3 is 0 Å². The summed E-state index contributed by atoms with van der Waals surface area (Å²) in [5, 5.41) is 10.4. The summed E-state index contributed by atoms with van der Waals surface area (Å²) < 4.78 is 24.9. The lowest BCUT2D eigenvalue weighted by molar-refractivity contribution is -0.385. The minimum Gasteiger partial charge on any atom is -0.258 e. The Morgan fingerprint density at radius 3 is 2.44 bits per heavy atom. The van der Waals surface area contributed by atoms with Crippen LogP contribution in [-0.4, -0.2) is 18.6 Å². The molecule has 1 fully saturated rings. The first-order chi connectivity index (χ1) is 8.43. The van der Waals surface area contributed by atoms with Crippen molar-refractivity contribution in [2.45, 2.75) is 35.8 Å². The van der Waals surface area contributed by atoms with Gasteiger partial charge in [-0.15, -0.1) is 0 Å². The summed E-state index contributed by atoms with van der Waals surface area (Å²) in [4.78, 5) is 10.3. The molecule has 0 N–H and O–H groups in total. The highest BCUT2D eigenvalue weighted by Gasteiger charge is 2.31. The monoisotopic (exact) mass is 333 g/mol. The molecule has 5 nitrogen and oxygen atoms in total. The second-order valence-electron chi connectivity index (χ2n) is 4.32. The topological polar surface area (TPSA) is 77.3 Å². The molecule has 0 spiro atoms. The van der Waals surface area contributed by atoms with Gasteiger partial charge in [-0.2, -0.15) is 0 Å². The number of nitrogens with zero attached hydrogens (tertiary/aromatic N) is 1. The Balaban J connectivity index is 2.45. The molecule has 1 aliphatic rings. The molecular weight excluding hydrogens is 322 g/mol. The maximum absolute atomic E-state index is 12.3. The van der Waals surface area contributed by atoms with Gasteiger partial charge in [0.15, 0.2) is 9.84 Å². The summed E-state index contributed by atoms with van der Waals surface area (Å²) in [7, 11) is -3.44. The van der Waals surface area contributed by atoms with Crippen LogP contribution in [0.4, 0.5) is 5.69 Å². The van der Waals surface area contributed by atoms with Crippen LogP contribution in [0.25, 0.3) is 0 Å². The van der Waals surface area contributed by atoms with Crippen LogP contribution in [0.15, 0.2) is 27.6 Å². The van der Waals surface area contributed by atoms with E-state index in [4.69, 9.17) is 0 Å². The van der Waals surface area contributed by atoms with E-state index >= 15 is 0 Å². The van der Waals surface area contributed by atoms with Crippen LogP contribution in [0, 0.1) is 10.1 Å².